The Bertz CT molecular complexity index is 350. The Balaban J connectivity index is 2.14. The third-order valence-electron chi connectivity index (χ3n) is 3.30. The SMILES string of the molecule is Cc1cc(N2CCC(C)(CN)C2)ccn1. The van der Waals surface area contributed by atoms with Crippen molar-refractivity contribution < 1.29 is 0 Å². The van der Waals surface area contributed by atoms with Gasteiger partial charge in [0.25, 0.3) is 0 Å². The van der Waals surface area contributed by atoms with Crippen LogP contribution >= 0.6 is 0 Å². The van der Waals surface area contributed by atoms with Gasteiger partial charge in [0.2, 0.25) is 0 Å². The molecular formula is C12H19N3. The van der Waals surface area contributed by atoms with Crippen molar-refractivity contribution in [1.82, 2.24) is 4.98 Å². The molecule has 3 heteroatoms. The fourth-order valence-corrected chi connectivity index (χ4v) is 2.14. The van der Waals surface area contributed by atoms with Crippen molar-refractivity contribution in [2.24, 2.45) is 11.1 Å². The quantitative estimate of drug-likeness (QED) is 0.796. The Labute approximate surface area is 91.3 Å². The predicted octanol–water partition coefficient (Wildman–Crippen LogP) is 1.57. The highest BCUT2D eigenvalue weighted by Crippen LogP contribution is 2.31. The molecule has 1 aromatic rings. The van der Waals surface area contributed by atoms with Crippen molar-refractivity contribution in [2.45, 2.75) is 20.3 Å². The van der Waals surface area contributed by atoms with E-state index in [1.807, 2.05) is 13.1 Å². The zero-order chi connectivity index (χ0) is 10.9. The molecule has 1 aliphatic rings. The first kappa shape index (κ1) is 10.4. The number of nitrogens with two attached hydrogens (primary N) is 1. The molecule has 1 saturated heterocycles. The fourth-order valence-electron chi connectivity index (χ4n) is 2.14. The molecule has 1 unspecified atom stereocenters. The Morgan fingerprint density at radius 2 is 2.40 bits per heavy atom. The molecule has 15 heavy (non-hydrogen) atoms. The minimum absolute atomic E-state index is 0.289. The second-order valence-electron chi connectivity index (χ2n) is 4.84. The van der Waals surface area contributed by atoms with Crippen LogP contribution in [0, 0.1) is 12.3 Å². The summed E-state index contributed by atoms with van der Waals surface area (Å²) in [5.74, 6) is 0. The normalized spacial score (nSPS) is 25.9. The van der Waals surface area contributed by atoms with Crippen LogP contribution in [-0.2, 0) is 0 Å². The largest absolute Gasteiger partial charge is 0.371 e. The van der Waals surface area contributed by atoms with Gasteiger partial charge in [0.15, 0.2) is 0 Å². The molecule has 0 aliphatic carbocycles. The van der Waals surface area contributed by atoms with Crippen LogP contribution in [0.25, 0.3) is 0 Å². The van der Waals surface area contributed by atoms with Crippen LogP contribution in [0.1, 0.15) is 19.0 Å². The van der Waals surface area contributed by atoms with Crippen LogP contribution < -0.4 is 10.6 Å². The van der Waals surface area contributed by atoms with Gasteiger partial charge in [-0.2, -0.15) is 0 Å². The summed E-state index contributed by atoms with van der Waals surface area (Å²) in [5, 5.41) is 0. The average Bonchev–Trinajstić information content (AvgIpc) is 2.62. The van der Waals surface area contributed by atoms with Crippen molar-refractivity contribution in [2.75, 3.05) is 24.5 Å². The fraction of sp³-hybridized carbons (Fsp3) is 0.583. The lowest BCUT2D eigenvalue weighted by Crippen LogP contribution is -2.31. The number of pyridine rings is 1. The van der Waals surface area contributed by atoms with Gasteiger partial charge >= 0.3 is 0 Å². The van der Waals surface area contributed by atoms with E-state index in [4.69, 9.17) is 5.73 Å². The second-order valence-corrected chi connectivity index (χ2v) is 4.84. The van der Waals surface area contributed by atoms with Crippen LogP contribution in [0.15, 0.2) is 18.3 Å². The molecule has 2 N–H and O–H groups in total. The van der Waals surface area contributed by atoms with Gasteiger partial charge < -0.3 is 10.6 Å². The summed E-state index contributed by atoms with van der Waals surface area (Å²) in [7, 11) is 0. The van der Waals surface area contributed by atoms with Gasteiger partial charge in [-0.15, -0.1) is 0 Å². The van der Waals surface area contributed by atoms with E-state index in [0.717, 1.165) is 25.3 Å². The van der Waals surface area contributed by atoms with Crippen molar-refractivity contribution >= 4 is 5.69 Å². The number of aryl methyl sites for hydroxylation is 1. The number of rotatable bonds is 2. The van der Waals surface area contributed by atoms with Gasteiger partial charge in [-0.05, 0) is 37.4 Å². The maximum absolute atomic E-state index is 5.80. The standard InChI is InChI=1S/C12H19N3/c1-10-7-11(3-5-14-10)15-6-4-12(2,8-13)9-15/h3,5,7H,4,6,8-9,13H2,1-2H3. The summed E-state index contributed by atoms with van der Waals surface area (Å²) in [5.41, 5.74) is 8.44. The molecule has 1 atom stereocenters. The zero-order valence-electron chi connectivity index (χ0n) is 9.53. The second kappa shape index (κ2) is 3.81. The number of hydrogen-bond acceptors (Lipinski definition) is 3. The van der Waals surface area contributed by atoms with Crippen LogP contribution in [0.3, 0.4) is 0 Å². The average molecular weight is 205 g/mol. The molecule has 0 radical (unpaired) electrons. The summed E-state index contributed by atoms with van der Waals surface area (Å²) < 4.78 is 0. The summed E-state index contributed by atoms with van der Waals surface area (Å²) in [6.45, 7) is 7.24. The Hall–Kier alpha value is -1.09. The third-order valence-corrected chi connectivity index (χ3v) is 3.30. The van der Waals surface area contributed by atoms with Gasteiger partial charge in [-0.3, -0.25) is 4.98 Å². The maximum atomic E-state index is 5.80. The molecule has 0 saturated carbocycles. The van der Waals surface area contributed by atoms with Crippen molar-refractivity contribution in [3.05, 3.63) is 24.0 Å². The van der Waals surface area contributed by atoms with E-state index in [9.17, 15) is 0 Å². The van der Waals surface area contributed by atoms with Crippen molar-refractivity contribution in [3.63, 3.8) is 0 Å². The van der Waals surface area contributed by atoms with Gasteiger partial charge in [-0.25, -0.2) is 0 Å². The lowest BCUT2D eigenvalue weighted by molar-refractivity contribution is 0.383. The Morgan fingerprint density at radius 1 is 1.60 bits per heavy atom. The van der Waals surface area contributed by atoms with E-state index in [0.29, 0.717) is 0 Å². The van der Waals surface area contributed by atoms with Crippen LogP contribution in [0.5, 0.6) is 0 Å². The lowest BCUT2D eigenvalue weighted by Gasteiger charge is -2.23. The number of anilines is 1. The molecule has 3 nitrogen and oxygen atoms in total. The highest BCUT2D eigenvalue weighted by molar-refractivity contribution is 5.47. The molecule has 82 valence electrons. The summed E-state index contributed by atoms with van der Waals surface area (Å²) in [6.07, 6.45) is 3.06. The molecule has 0 amide bonds. The van der Waals surface area contributed by atoms with Crippen molar-refractivity contribution in [3.8, 4) is 0 Å². The Morgan fingerprint density at radius 3 is 3.00 bits per heavy atom. The van der Waals surface area contributed by atoms with Crippen LogP contribution in [0.2, 0.25) is 0 Å². The highest BCUT2D eigenvalue weighted by Gasteiger charge is 2.32. The summed E-state index contributed by atoms with van der Waals surface area (Å²) >= 11 is 0. The first-order valence-corrected chi connectivity index (χ1v) is 5.51. The molecule has 2 heterocycles. The molecule has 1 fully saturated rings. The number of aromatic nitrogens is 1. The molecular weight excluding hydrogens is 186 g/mol. The van der Waals surface area contributed by atoms with Crippen LogP contribution in [-0.4, -0.2) is 24.6 Å². The number of hydrogen-bond donors (Lipinski definition) is 1. The minimum atomic E-state index is 0.289. The molecule has 1 aliphatic heterocycles. The highest BCUT2D eigenvalue weighted by atomic mass is 15.2. The van der Waals surface area contributed by atoms with Gasteiger partial charge in [-0.1, -0.05) is 6.92 Å². The van der Waals surface area contributed by atoms with E-state index in [1.165, 1.54) is 12.1 Å². The number of nitrogens with zero attached hydrogens (tertiary/aromatic N) is 2. The van der Waals surface area contributed by atoms with E-state index in [1.54, 1.807) is 0 Å². The molecule has 0 spiro atoms. The minimum Gasteiger partial charge on any atom is -0.371 e. The van der Waals surface area contributed by atoms with E-state index < -0.39 is 0 Å². The van der Waals surface area contributed by atoms with Crippen LogP contribution in [0.4, 0.5) is 5.69 Å². The monoisotopic (exact) mass is 205 g/mol. The molecule has 0 bridgehead atoms. The first-order valence-electron chi connectivity index (χ1n) is 5.51. The van der Waals surface area contributed by atoms with E-state index in [-0.39, 0.29) is 5.41 Å². The molecule has 0 aromatic carbocycles. The zero-order valence-corrected chi connectivity index (χ0v) is 9.53. The van der Waals surface area contributed by atoms with E-state index >= 15 is 0 Å². The summed E-state index contributed by atoms with van der Waals surface area (Å²) in [6, 6.07) is 4.22. The van der Waals surface area contributed by atoms with Crippen molar-refractivity contribution in [1.29, 1.82) is 0 Å². The smallest absolute Gasteiger partial charge is 0.0399 e. The van der Waals surface area contributed by atoms with Gasteiger partial charge in [0.1, 0.15) is 0 Å². The van der Waals surface area contributed by atoms with E-state index in [2.05, 4.69) is 28.9 Å². The maximum Gasteiger partial charge on any atom is 0.0399 e. The third kappa shape index (κ3) is 2.12. The molecule has 1 aromatic heterocycles. The topological polar surface area (TPSA) is 42.1 Å². The predicted molar refractivity (Wildman–Crippen MR) is 63.0 cm³/mol. The summed E-state index contributed by atoms with van der Waals surface area (Å²) in [4.78, 5) is 6.62. The Kier molecular flexibility index (Phi) is 2.65. The van der Waals surface area contributed by atoms with Gasteiger partial charge in [0, 0.05) is 30.7 Å². The first-order chi connectivity index (χ1) is 7.13. The molecule has 2 rings (SSSR count). The van der Waals surface area contributed by atoms with Gasteiger partial charge in [0.05, 0.1) is 0 Å². The lowest BCUT2D eigenvalue weighted by atomic mass is 9.90.